The van der Waals surface area contributed by atoms with E-state index in [1.165, 1.54) is 12.5 Å². The van der Waals surface area contributed by atoms with Gasteiger partial charge in [-0.1, -0.05) is 20.8 Å². The summed E-state index contributed by atoms with van der Waals surface area (Å²) in [6, 6.07) is 5.47. The fourth-order valence-electron chi connectivity index (χ4n) is 5.24. The van der Waals surface area contributed by atoms with E-state index in [9.17, 15) is 9.90 Å². The third kappa shape index (κ3) is 6.53. The zero-order valence-corrected chi connectivity index (χ0v) is 22.1. The van der Waals surface area contributed by atoms with Gasteiger partial charge in [0.05, 0.1) is 19.3 Å². The van der Waals surface area contributed by atoms with Gasteiger partial charge in [0.25, 0.3) is 0 Å². The molecule has 1 saturated carbocycles. The molecule has 36 heavy (non-hydrogen) atoms. The van der Waals surface area contributed by atoms with E-state index in [0.717, 1.165) is 43.2 Å². The summed E-state index contributed by atoms with van der Waals surface area (Å²) < 4.78 is 11.6. The molecule has 1 fully saturated rings. The molecule has 3 N–H and O–H groups in total. The van der Waals surface area contributed by atoms with Gasteiger partial charge >= 0.3 is 0 Å². The standard InChI is InChI=1S/C28H40N4O4/c1-18(33)32-22(12-19-7-10-29-25(13-19)35-5)24(34)17-30-23-15-28(8-6-9-28)36-26-21(23)11-20(16-31-26)14-27(2,3)4/h7,10-11,13,16,22-24,30,34H,6,8-9,12,14-15,17H2,1-5H3,(H,32,33)/t22-,23-,24-/m0/s1. The van der Waals surface area contributed by atoms with Gasteiger partial charge < -0.3 is 25.2 Å². The number of aliphatic hydroxyl groups excluding tert-OH is 1. The number of carbonyl (C=O) groups excluding carboxylic acids is 1. The molecular formula is C28H40N4O4. The predicted molar refractivity (Wildman–Crippen MR) is 138 cm³/mol. The van der Waals surface area contributed by atoms with Gasteiger partial charge in [0.2, 0.25) is 17.7 Å². The van der Waals surface area contributed by atoms with Crippen LogP contribution in [0.4, 0.5) is 0 Å². The largest absolute Gasteiger partial charge is 0.481 e. The van der Waals surface area contributed by atoms with Gasteiger partial charge in [-0.2, -0.15) is 0 Å². The van der Waals surface area contributed by atoms with Crippen molar-refractivity contribution >= 4 is 5.91 Å². The Morgan fingerprint density at radius 1 is 1.28 bits per heavy atom. The number of methoxy groups -OCH3 is 1. The Balaban J connectivity index is 1.50. The summed E-state index contributed by atoms with van der Waals surface area (Å²) in [5.41, 5.74) is 3.15. The van der Waals surface area contributed by atoms with Crippen LogP contribution >= 0.6 is 0 Å². The van der Waals surface area contributed by atoms with E-state index in [2.05, 4.69) is 42.5 Å². The second-order valence-corrected chi connectivity index (χ2v) is 11.6. The molecule has 0 unspecified atom stereocenters. The number of amides is 1. The minimum absolute atomic E-state index is 0.0233. The van der Waals surface area contributed by atoms with Gasteiger partial charge in [-0.25, -0.2) is 9.97 Å². The molecule has 8 nitrogen and oxygen atoms in total. The molecule has 3 atom stereocenters. The van der Waals surface area contributed by atoms with E-state index >= 15 is 0 Å². The lowest BCUT2D eigenvalue weighted by atomic mass is 9.73. The lowest BCUT2D eigenvalue weighted by molar-refractivity contribution is -0.120. The van der Waals surface area contributed by atoms with Crippen LogP contribution in [0.25, 0.3) is 0 Å². The Morgan fingerprint density at radius 2 is 2.06 bits per heavy atom. The van der Waals surface area contributed by atoms with Crippen LogP contribution in [0, 0.1) is 5.41 Å². The number of nitrogens with one attached hydrogen (secondary N) is 2. The van der Waals surface area contributed by atoms with Crippen molar-refractivity contribution in [1.29, 1.82) is 0 Å². The highest BCUT2D eigenvalue weighted by molar-refractivity contribution is 5.73. The average molecular weight is 497 g/mol. The first kappa shape index (κ1) is 26.4. The second kappa shape index (κ2) is 10.7. The van der Waals surface area contributed by atoms with E-state index in [-0.39, 0.29) is 23.0 Å². The van der Waals surface area contributed by atoms with Crippen LogP contribution in [0.2, 0.25) is 0 Å². The number of fused-ring (bicyclic) bond motifs is 1. The van der Waals surface area contributed by atoms with E-state index < -0.39 is 12.1 Å². The number of ether oxygens (including phenoxy) is 2. The fourth-order valence-corrected chi connectivity index (χ4v) is 5.24. The molecule has 1 spiro atoms. The molecule has 0 saturated heterocycles. The first-order valence-corrected chi connectivity index (χ1v) is 12.9. The minimum Gasteiger partial charge on any atom is -0.481 e. The number of aliphatic hydroxyl groups is 1. The Morgan fingerprint density at radius 3 is 2.69 bits per heavy atom. The van der Waals surface area contributed by atoms with Crippen molar-refractivity contribution in [1.82, 2.24) is 20.6 Å². The highest BCUT2D eigenvalue weighted by Gasteiger charge is 2.46. The summed E-state index contributed by atoms with van der Waals surface area (Å²) in [6.45, 7) is 8.46. The molecule has 0 radical (unpaired) electrons. The van der Waals surface area contributed by atoms with E-state index in [1.54, 1.807) is 13.3 Å². The Bertz CT molecular complexity index is 1060. The average Bonchev–Trinajstić information content (AvgIpc) is 2.79. The Labute approximate surface area is 214 Å². The first-order chi connectivity index (χ1) is 17.1. The van der Waals surface area contributed by atoms with Gasteiger partial charge in [-0.3, -0.25) is 4.79 Å². The third-order valence-corrected chi connectivity index (χ3v) is 7.09. The number of rotatable bonds is 9. The van der Waals surface area contributed by atoms with Crippen LogP contribution in [0.5, 0.6) is 11.8 Å². The van der Waals surface area contributed by atoms with Gasteiger partial charge in [-0.15, -0.1) is 0 Å². The lowest BCUT2D eigenvalue weighted by Crippen LogP contribution is -2.52. The van der Waals surface area contributed by atoms with Crippen molar-refractivity contribution in [2.45, 2.75) is 90.0 Å². The van der Waals surface area contributed by atoms with Crippen LogP contribution in [0.1, 0.15) is 76.1 Å². The summed E-state index contributed by atoms with van der Waals surface area (Å²) in [6.07, 6.45) is 8.26. The summed E-state index contributed by atoms with van der Waals surface area (Å²) in [5, 5.41) is 17.7. The molecule has 2 aliphatic rings. The maximum absolute atomic E-state index is 11.9. The van der Waals surface area contributed by atoms with E-state index in [4.69, 9.17) is 14.5 Å². The third-order valence-electron chi connectivity index (χ3n) is 7.09. The van der Waals surface area contributed by atoms with E-state index in [1.807, 2.05) is 18.3 Å². The predicted octanol–water partition coefficient (Wildman–Crippen LogP) is 3.52. The maximum atomic E-state index is 11.9. The molecule has 1 amide bonds. The Hall–Kier alpha value is -2.71. The monoisotopic (exact) mass is 496 g/mol. The SMILES string of the molecule is COc1cc(C[C@H](NC(C)=O)[C@@H](O)CN[C@H]2CC3(CCC3)Oc3ncc(CC(C)(C)C)cc32)ccn1. The molecule has 8 heteroatoms. The van der Waals surface area contributed by atoms with Crippen LogP contribution in [-0.4, -0.2) is 52.4 Å². The van der Waals surface area contributed by atoms with Crippen molar-refractivity contribution in [2.75, 3.05) is 13.7 Å². The number of aromatic nitrogens is 2. The fraction of sp³-hybridized carbons (Fsp3) is 0.607. The molecule has 3 heterocycles. The molecule has 4 rings (SSSR count). The molecule has 0 aromatic carbocycles. The minimum atomic E-state index is -0.789. The summed E-state index contributed by atoms with van der Waals surface area (Å²) in [7, 11) is 1.57. The highest BCUT2D eigenvalue weighted by Crippen LogP contribution is 2.48. The second-order valence-electron chi connectivity index (χ2n) is 11.6. The number of pyridine rings is 2. The summed E-state index contributed by atoms with van der Waals surface area (Å²) in [5.74, 6) is 1.03. The molecule has 1 aliphatic carbocycles. The molecule has 0 bridgehead atoms. The van der Waals surface area contributed by atoms with Gasteiger partial charge in [0.15, 0.2) is 0 Å². The number of hydrogen-bond donors (Lipinski definition) is 3. The Kier molecular flexibility index (Phi) is 7.85. The number of hydrogen-bond acceptors (Lipinski definition) is 7. The van der Waals surface area contributed by atoms with Crippen molar-refractivity contribution in [3.63, 3.8) is 0 Å². The van der Waals surface area contributed by atoms with Crippen LogP contribution in [0.3, 0.4) is 0 Å². The molecule has 2 aromatic rings. The van der Waals surface area contributed by atoms with Crippen LogP contribution < -0.4 is 20.1 Å². The maximum Gasteiger partial charge on any atom is 0.218 e. The zero-order valence-electron chi connectivity index (χ0n) is 22.1. The van der Waals surface area contributed by atoms with Gasteiger partial charge in [0, 0.05) is 50.0 Å². The molecular weight excluding hydrogens is 456 g/mol. The van der Waals surface area contributed by atoms with Crippen molar-refractivity contribution in [3.05, 3.63) is 47.3 Å². The van der Waals surface area contributed by atoms with Crippen LogP contribution in [-0.2, 0) is 17.6 Å². The summed E-state index contributed by atoms with van der Waals surface area (Å²) >= 11 is 0. The topological polar surface area (TPSA) is 106 Å². The van der Waals surface area contributed by atoms with Gasteiger partial charge in [-0.05, 0) is 60.8 Å². The number of nitrogens with zero attached hydrogens (tertiary/aromatic N) is 2. The molecule has 196 valence electrons. The van der Waals surface area contributed by atoms with Crippen molar-refractivity contribution in [3.8, 4) is 11.8 Å². The first-order valence-electron chi connectivity index (χ1n) is 12.9. The highest BCUT2D eigenvalue weighted by atomic mass is 16.5. The normalized spacial score (nSPS) is 20.0. The quantitative estimate of drug-likeness (QED) is 0.488. The zero-order chi connectivity index (χ0) is 25.9. The van der Waals surface area contributed by atoms with E-state index in [0.29, 0.717) is 24.7 Å². The molecule has 2 aromatic heterocycles. The van der Waals surface area contributed by atoms with Crippen molar-refractivity contribution < 1.29 is 19.4 Å². The number of carbonyl (C=O) groups is 1. The molecule has 1 aliphatic heterocycles. The van der Waals surface area contributed by atoms with Crippen molar-refractivity contribution in [2.24, 2.45) is 5.41 Å². The van der Waals surface area contributed by atoms with Crippen LogP contribution in [0.15, 0.2) is 30.6 Å². The smallest absolute Gasteiger partial charge is 0.218 e. The van der Waals surface area contributed by atoms with Gasteiger partial charge in [0.1, 0.15) is 5.60 Å². The summed E-state index contributed by atoms with van der Waals surface area (Å²) in [4.78, 5) is 20.8. The lowest BCUT2D eigenvalue weighted by Gasteiger charge is -2.47.